The summed E-state index contributed by atoms with van der Waals surface area (Å²) in [5, 5.41) is 9.19. The molecule has 0 bridgehead atoms. The van der Waals surface area contributed by atoms with E-state index in [1.807, 2.05) is 0 Å². The van der Waals surface area contributed by atoms with E-state index in [4.69, 9.17) is 0 Å². The highest BCUT2D eigenvalue weighted by atomic mass is 15.1. The summed E-state index contributed by atoms with van der Waals surface area (Å²) in [7, 11) is 0. The molecule has 20 heavy (non-hydrogen) atoms. The van der Waals surface area contributed by atoms with Crippen LogP contribution in [0, 0.1) is 0 Å². The molecule has 1 N–H and O–H groups in total. The van der Waals surface area contributed by atoms with Gasteiger partial charge in [0.15, 0.2) is 0 Å². The lowest BCUT2D eigenvalue weighted by Crippen LogP contribution is -2.23. The molecule has 1 saturated carbocycles. The second-order valence-electron chi connectivity index (χ2n) is 6.65. The number of fused-ring (bicyclic) bond motifs is 1. The van der Waals surface area contributed by atoms with Gasteiger partial charge in [0.25, 0.3) is 0 Å². The molecule has 3 rings (SSSR count). The number of H-pyrrole nitrogens is 1. The molecule has 0 atom stereocenters. The highest BCUT2D eigenvalue weighted by Gasteiger charge is 2.29. The summed E-state index contributed by atoms with van der Waals surface area (Å²) in [5.41, 5.74) is 2.75. The van der Waals surface area contributed by atoms with Crippen molar-refractivity contribution in [3.63, 3.8) is 0 Å². The minimum absolute atomic E-state index is 0.271. The van der Waals surface area contributed by atoms with Crippen LogP contribution in [0.2, 0.25) is 0 Å². The Bertz CT molecular complexity index is 545. The maximum atomic E-state index is 4.51. The largest absolute Gasteiger partial charge is 0.281 e. The van der Waals surface area contributed by atoms with Gasteiger partial charge in [-0.05, 0) is 18.9 Å². The average Bonchev–Trinajstić information content (AvgIpc) is 2.91. The van der Waals surface area contributed by atoms with Gasteiger partial charge in [-0.2, -0.15) is 5.10 Å². The van der Waals surface area contributed by atoms with Crippen molar-refractivity contribution >= 4 is 10.9 Å². The van der Waals surface area contributed by atoms with Crippen LogP contribution in [0.5, 0.6) is 0 Å². The summed E-state index contributed by atoms with van der Waals surface area (Å²) in [4.78, 5) is 0. The van der Waals surface area contributed by atoms with Crippen molar-refractivity contribution in [2.45, 2.75) is 70.1 Å². The van der Waals surface area contributed by atoms with Gasteiger partial charge in [0.2, 0.25) is 0 Å². The Morgan fingerprint density at radius 3 is 2.20 bits per heavy atom. The number of nitrogens with zero attached hydrogens (tertiary/aromatic N) is 1. The molecule has 0 spiro atoms. The van der Waals surface area contributed by atoms with Crippen molar-refractivity contribution in [2.24, 2.45) is 0 Å². The van der Waals surface area contributed by atoms with Gasteiger partial charge in [0.05, 0.1) is 5.52 Å². The maximum absolute atomic E-state index is 4.51. The molecule has 0 radical (unpaired) electrons. The van der Waals surface area contributed by atoms with Crippen molar-refractivity contribution in [1.82, 2.24) is 10.2 Å². The van der Waals surface area contributed by atoms with Crippen LogP contribution in [0.4, 0.5) is 0 Å². The first-order valence-electron chi connectivity index (χ1n) is 8.23. The summed E-state index contributed by atoms with van der Waals surface area (Å²) in [5.74, 6) is 0. The van der Waals surface area contributed by atoms with Crippen molar-refractivity contribution in [2.75, 3.05) is 0 Å². The Kier molecular flexibility index (Phi) is 4.09. The predicted octanol–water partition coefficient (Wildman–Crippen LogP) is 5.35. The molecule has 2 heteroatoms. The fourth-order valence-electron chi connectivity index (χ4n) is 3.71. The fourth-order valence-corrected chi connectivity index (χ4v) is 3.71. The van der Waals surface area contributed by atoms with Crippen LogP contribution < -0.4 is 0 Å². The number of rotatable bonds is 1. The maximum Gasteiger partial charge on any atom is 0.0923 e. The van der Waals surface area contributed by atoms with Gasteiger partial charge in [-0.15, -0.1) is 0 Å². The lowest BCUT2D eigenvalue weighted by molar-refractivity contribution is 0.345. The molecule has 0 saturated heterocycles. The molecule has 1 aliphatic rings. The number of aromatic nitrogens is 2. The molecule has 108 valence electrons. The summed E-state index contributed by atoms with van der Waals surface area (Å²) >= 11 is 0. The first-order valence-corrected chi connectivity index (χ1v) is 8.23. The number of hydrogen-bond donors (Lipinski definition) is 1. The molecule has 1 aliphatic carbocycles. The molecular weight excluding hydrogens is 244 g/mol. The smallest absolute Gasteiger partial charge is 0.0923 e. The lowest BCUT2D eigenvalue weighted by Gasteiger charge is -2.30. The van der Waals surface area contributed by atoms with Crippen LogP contribution in [-0.2, 0) is 5.41 Å². The van der Waals surface area contributed by atoms with Gasteiger partial charge in [0, 0.05) is 16.5 Å². The third-order valence-electron chi connectivity index (χ3n) is 5.02. The van der Waals surface area contributed by atoms with Crippen molar-refractivity contribution in [3.05, 3.63) is 30.0 Å². The van der Waals surface area contributed by atoms with Gasteiger partial charge in [-0.3, -0.25) is 5.10 Å². The van der Waals surface area contributed by atoms with E-state index in [1.54, 1.807) is 0 Å². The molecule has 2 aromatic rings. The lowest BCUT2D eigenvalue weighted by atomic mass is 9.75. The third kappa shape index (κ3) is 2.74. The summed E-state index contributed by atoms with van der Waals surface area (Å²) in [6.07, 6.45) is 12.3. The molecule has 1 heterocycles. The molecule has 2 nitrogen and oxygen atoms in total. The van der Waals surface area contributed by atoms with Gasteiger partial charge in [-0.1, -0.05) is 70.1 Å². The number of aromatic amines is 1. The van der Waals surface area contributed by atoms with Crippen molar-refractivity contribution in [1.29, 1.82) is 0 Å². The first-order chi connectivity index (χ1) is 9.80. The van der Waals surface area contributed by atoms with Crippen LogP contribution in [0.1, 0.15) is 70.4 Å². The molecular formula is C18H26N2. The van der Waals surface area contributed by atoms with Crippen molar-refractivity contribution < 1.29 is 0 Å². The average molecular weight is 270 g/mol. The molecule has 1 fully saturated rings. The zero-order valence-electron chi connectivity index (χ0n) is 12.6. The molecule has 0 unspecified atom stereocenters. The zero-order valence-corrected chi connectivity index (χ0v) is 12.6. The van der Waals surface area contributed by atoms with Crippen LogP contribution in [0.3, 0.4) is 0 Å². The molecule has 0 aliphatic heterocycles. The van der Waals surface area contributed by atoms with E-state index in [-0.39, 0.29) is 5.41 Å². The number of benzene rings is 1. The quantitative estimate of drug-likeness (QED) is 0.744. The molecule has 0 amide bonds. The highest BCUT2D eigenvalue weighted by Crippen LogP contribution is 2.38. The third-order valence-corrected chi connectivity index (χ3v) is 5.02. The minimum atomic E-state index is 0.271. The Hall–Kier alpha value is -1.31. The second kappa shape index (κ2) is 5.99. The summed E-state index contributed by atoms with van der Waals surface area (Å²) in [6, 6.07) is 8.53. The van der Waals surface area contributed by atoms with E-state index in [1.165, 1.54) is 68.9 Å². The van der Waals surface area contributed by atoms with Crippen LogP contribution >= 0.6 is 0 Å². The predicted molar refractivity (Wildman–Crippen MR) is 85.0 cm³/mol. The Morgan fingerprint density at radius 2 is 1.50 bits per heavy atom. The Balaban J connectivity index is 1.90. The van der Waals surface area contributed by atoms with Gasteiger partial charge in [0.1, 0.15) is 0 Å². The van der Waals surface area contributed by atoms with Gasteiger partial charge < -0.3 is 0 Å². The topological polar surface area (TPSA) is 28.7 Å². The van der Waals surface area contributed by atoms with Crippen LogP contribution in [-0.4, -0.2) is 10.2 Å². The zero-order chi connectivity index (χ0) is 13.8. The Morgan fingerprint density at radius 1 is 0.900 bits per heavy atom. The standard InChI is InChI=1S/C18H26N2/c1-18(13-9-5-3-2-4-6-10-14-18)17-15-11-7-8-12-16(15)19-20-17/h7-8,11-12H,2-6,9-10,13-14H2,1H3,(H,19,20). The van der Waals surface area contributed by atoms with E-state index in [9.17, 15) is 0 Å². The highest BCUT2D eigenvalue weighted by molar-refractivity contribution is 5.82. The summed E-state index contributed by atoms with van der Waals surface area (Å²) < 4.78 is 0. The van der Waals surface area contributed by atoms with Gasteiger partial charge >= 0.3 is 0 Å². The van der Waals surface area contributed by atoms with Crippen LogP contribution in [0.25, 0.3) is 10.9 Å². The van der Waals surface area contributed by atoms with E-state index in [0.29, 0.717) is 0 Å². The number of hydrogen-bond acceptors (Lipinski definition) is 1. The van der Waals surface area contributed by atoms with Crippen molar-refractivity contribution in [3.8, 4) is 0 Å². The van der Waals surface area contributed by atoms with E-state index >= 15 is 0 Å². The monoisotopic (exact) mass is 270 g/mol. The number of para-hydroxylation sites is 1. The second-order valence-corrected chi connectivity index (χ2v) is 6.65. The molecule has 1 aromatic heterocycles. The SMILES string of the molecule is CC1(c2[nH]nc3ccccc23)CCCCCCCCC1. The van der Waals surface area contributed by atoms with E-state index < -0.39 is 0 Å². The number of nitrogens with one attached hydrogen (secondary N) is 1. The normalized spacial score (nSPS) is 20.9. The van der Waals surface area contributed by atoms with Crippen LogP contribution in [0.15, 0.2) is 24.3 Å². The molecule has 1 aromatic carbocycles. The van der Waals surface area contributed by atoms with E-state index in [0.717, 1.165) is 5.52 Å². The fraction of sp³-hybridized carbons (Fsp3) is 0.611. The summed E-state index contributed by atoms with van der Waals surface area (Å²) in [6.45, 7) is 2.44. The Labute approximate surface area is 122 Å². The first kappa shape index (κ1) is 13.7. The van der Waals surface area contributed by atoms with E-state index in [2.05, 4.69) is 41.4 Å². The van der Waals surface area contributed by atoms with Gasteiger partial charge in [-0.25, -0.2) is 0 Å². The minimum Gasteiger partial charge on any atom is -0.281 e.